The molecule has 26 heavy (non-hydrogen) atoms. The van der Waals surface area contributed by atoms with Crippen LogP contribution in [0.2, 0.25) is 0 Å². The predicted octanol–water partition coefficient (Wildman–Crippen LogP) is 1.91. The lowest BCUT2D eigenvalue weighted by molar-refractivity contribution is 0.0705. The number of nitrogens with one attached hydrogen (secondary N) is 1. The van der Waals surface area contributed by atoms with E-state index in [0.717, 1.165) is 24.2 Å². The lowest BCUT2D eigenvalue weighted by atomic mass is 10.2. The second-order valence-electron chi connectivity index (χ2n) is 7.11. The molecule has 2 aliphatic rings. The molecule has 136 valence electrons. The highest BCUT2D eigenvalue weighted by Crippen LogP contribution is 2.19. The molecule has 0 radical (unpaired) electrons. The van der Waals surface area contributed by atoms with Gasteiger partial charge in [0.25, 0.3) is 11.8 Å². The minimum Gasteiger partial charge on any atom is -0.348 e. The Balaban J connectivity index is 1.46. The zero-order valence-electron chi connectivity index (χ0n) is 14.9. The Kier molecular flexibility index (Phi) is 4.44. The van der Waals surface area contributed by atoms with E-state index in [0.29, 0.717) is 30.9 Å². The number of aryl methyl sites for hydroxylation is 1. The molecule has 3 heterocycles. The van der Waals surface area contributed by atoms with Gasteiger partial charge in [-0.2, -0.15) is 5.10 Å². The van der Waals surface area contributed by atoms with Crippen molar-refractivity contribution in [1.82, 2.24) is 25.0 Å². The van der Waals surface area contributed by atoms with Gasteiger partial charge in [0.2, 0.25) is 0 Å². The number of pyridine rings is 1. The van der Waals surface area contributed by atoms with Gasteiger partial charge in [-0.1, -0.05) is 12.8 Å². The fourth-order valence-electron chi connectivity index (χ4n) is 3.74. The topological polar surface area (TPSA) is 80.1 Å². The van der Waals surface area contributed by atoms with E-state index in [-0.39, 0.29) is 17.9 Å². The number of carbonyl (C=O) groups excluding carboxylic acids is 2. The van der Waals surface area contributed by atoms with Crippen LogP contribution in [0.25, 0.3) is 0 Å². The second kappa shape index (κ2) is 6.90. The van der Waals surface area contributed by atoms with Crippen LogP contribution in [0.5, 0.6) is 0 Å². The molecule has 0 spiro atoms. The number of carbonyl (C=O) groups is 2. The molecule has 1 N–H and O–H groups in total. The summed E-state index contributed by atoms with van der Waals surface area (Å²) in [7, 11) is 0. The number of hydrogen-bond donors (Lipinski definition) is 1. The standard InChI is InChI=1S/C19H23N5O2/c1-13-10-14(6-7-20-13)19(26)23-8-9-24-16(12-23)11-17(22-24)18(25)21-15-4-2-3-5-15/h6-7,10-11,15H,2-5,8-9,12H2,1H3,(H,21,25). The summed E-state index contributed by atoms with van der Waals surface area (Å²) in [6.45, 7) is 3.52. The normalized spacial score (nSPS) is 17.2. The van der Waals surface area contributed by atoms with Gasteiger partial charge in [-0.3, -0.25) is 19.3 Å². The highest BCUT2D eigenvalue weighted by molar-refractivity contribution is 5.94. The quantitative estimate of drug-likeness (QED) is 0.914. The molecule has 7 heteroatoms. The number of hydrogen-bond acceptors (Lipinski definition) is 4. The third-order valence-electron chi connectivity index (χ3n) is 5.15. The van der Waals surface area contributed by atoms with E-state index in [1.165, 1.54) is 12.8 Å². The minimum atomic E-state index is -0.110. The van der Waals surface area contributed by atoms with Gasteiger partial charge in [-0.05, 0) is 38.0 Å². The lowest BCUT2D eigenvalue weighted by Gasteiger charge is -2.27. The molecule has 0 atom stereocenters. The van der Waals surface area contributed by atoms with Gasteiger partial charge in [0.05, 0.1) is 18.8 Å². The Morgan fingerprint density at radius 3 is 2.77 bits per heavy atom. The van der Waals surface area contributed by atoms with Gasteiger partial charge in [-0.25, -0.2) is 0 Å². The van der Waals surface area contributed by atoms with Gasteiger partial charge < -0.3 is 10.2 Å². The van der Waals surface area contributed by atoms with E-state index in [4.69, 9.17) is 0 Å². The SMILES string of the molecule is Cc1cc(C(=O)N2CCn3nc(C(=O)NC4CCCC4)cc3C2)ccn1. The first-order valence-corrected chi connectivity index (χ1v) is 9.19. The fraction of sp³-hybridized carbons (Fsp3) is 0.474. The van der Waals surface area contributed by atoms with Gasteiger partial charge >= 0.3 is 0 Å². The summed E-state index contributed by atoms with van der Waals surface area (Å²) in [4.78, 5) is 31.1. The van der Waals surface area contributed by atoms with Crippen molar-refractivity contribution in [2.75, 3.05) is 6.54 Å². The minimum absolute atomic E-state index is 0.0140. The lowest BCUT2D eigenvalue weighted by Crippen LogP contribution is -2.38. The van der Waals surface area contributed by atoms with Gasteiger partial charge in [0.1, 0.15) is 0 Å². The van der Waals surface area contributed by atoms with E-state index < -0.39 is 0 Å². The first kappa shape index (κ1) is 16.8. The number of fused-ring (bicyclic) bond motifs is 1. The Morgan fingerprint density at radius 2 is 2.00 bits per heavy atom. The summed E-state index contributed by atoms with van der Waals surface area (Å²) >= 11 is 0. The van der Waals surface area contributed by atoms with Crippen LogP contribution in [0, 0.1) is 6.92 Å². The molecule has 0 aromatic carbocycles. The Labute approximate surface area is 152 Å². The van der Waals surface area contributed by atoms with Crippen molar-refractivity contribution in [3.05, 3.63) is 47.0 Å². The third-order valence-corrected chi connectivity index (χ3v) is 5.15. The van der Waals surface area contributed by atoms with Crippen molar-refractivity contribution in [3.63, 3.8) is 0 Å². The molecule has 0 saturated heterocycles. The van der Waals surface area contributed by atoms with Crippen LogP contribution in [-0.2, 0) is 13.1 Å². The average Bonchev–Trinajstić information content (AvgIpc) is 3.29. The monoisotopic (exact) mass is 353 g/mol. The molecule has 1 aliphatic carbocycles. The Hall–Kier alpha value is -2.70. The summed E-state index contributed by atoms with van der Waals surface area (Å²) in [6.07, 6.45) is 6.11. The molecule has 1 saturated carbocycles. The van der Waals surface area contributed by atoms with E-state index >= 15 is 0 Å². The first-order chi connectivity index (χ1) is 12.6. The molecule has 7 nitrogen and oxygen atoms in total. The number of aromatic nitrogens is 3. The van der Waals surface area contributed by atoms with Gasteiger partial charge in [-0.15, -0.1) is 0 Å². The fourth-order valence-corrected chi connectivity index (χ4v) is 3.74. The summed E-state index contributed by atoms with van der Waals surface area (Å²) in [5.41, 5.74) is 2.81. The molecule has 2 amide bonds. The van der Waals surface area contributed by atoms with Crippen LogP contribution < -0.4 is 5.32 Å². The van der Waals surface area contributed by atoms with E-state index in [2.05, 4.69) is 15.4 Å². The predicted molar refractivity (Wildman–Crippen MR) is 95.7 cm³/mol. The highest BCUT2D eigenvalue weighted by atomic mass is 16.2. The largest absolute Gasteiger partial charge is 0.348 e. The molecule has 0 bridgehead atoms. The van der Waals surface area contributed by atoms with Crippen molar-refractivity contribution >= 4 is 11.8 Å². The van der Waals surface area contributed by atoms with Gasteiger partial charge in [0.15, 0.2) is 5.69 Å². The van der Waals surface area contributed by atoms with Crippen LogP contribution in [0.3, 0.4) is 0 Å². The summed E-state index contributed by atoms with van der Waals surface area (Å²) in [5, 5.41) is 7.50. The zero-order chi connectivity index (χ0) is 18.1. The van der Waals surface area contributed by atoms with E-state index in [1.54, 1.807) is 23.2 Å². The molecular formula is C19H23N5O2. The maximum absolute atomic E-state index is 12.7. The van der Waals surface area contributed by atoms with Crippen LogP contribution in [-0.4, -0.2) is 44.1 Å². The molecule has 0 unspecified atom stereocenters. The molecule has 2 aromatic rings. The smallest absolute Gasteiger partial charge is 0.272 e. The highest BCUT2D eigenvalue weighted by Gasteiger charge is 2.26. The third kappa shape index (κ3) is 3.34. The number of amides is 2. The first-order valence-electron chi connectivity index (χ1n) is 9.19. The Bertz CT molecular complexity index is 838. The van der Waals surface area contributed by atoms with E-state index in [1.807, 2.05) is 17.7 Å². The Morgan fingerprint density at radius 1 is 1.19 bits per heavy atom. The van der Waals surface area contributed by atoms with Crippen LogP contribution in [0.15, 0.2) is 24.4 Å². The summed E-state index contributed by atoms with van der Waals surface area (Å²) < 4.78 is 1.84. The molecule has 4 rings (SSSR count). The molecule has 1 aliphatic heterocycles. The summed E-state index contributed by atoms with van der Waals surface area (Å²) in [6, 6.07) is 5.62. The molecular weight excluding hydrogens is 330 g/mol. The van der Waals surface area contributed by atoms with Crippen LogP contribution in [0.1, 0.15) is 57.9 Å². The maximum atomic E-state index is 12.7. The number of rotatable bonds is 3. The molecule has 1 fully saturated rings. The van der Waals surface area contributed by atoms with E-state index in [9.17, 15) is 9.59 Å². The molecule has 2 aromatic heterocycles. The van der Waals surface area contributed by atoms with Crippen molar-refractivity contribution in [3.8, 4) is 0 Å². The van der Waals surface area contributed by atoms with Gasteiger partial charge in [0, 0.05) is 30.0 Å². The number of nitrogens with zero attached hydrogens (tertiary/aromatic N) is 4. The second-order valence-corrected chi connectivity index (χ2v) is 7.11. The maximum Gasteiger partial charge on any atom is 0.272 e. The van der Waals surface area contributed by atoms with Crippen molar-refractivity contribution < 1.29 is 9.59 Å². The average molecular weight is 353 g/mol. The van der Waals surface area contributed by atoms with Crippen molar-refractivity contribution in [2.45, 2.75) is 51.7 Å². The van der Waals surface area contributed by atoms with Crippen LogP contribution >= 0.6 is 0 Å². The summed E-state index contributed by atoms with van der Waals surface area (Å²) in [5.74, 6) is -0.124. The van der Waals surface area contributed by atoms with Crippen LogP contribution in [0.4, 0.5) is 0 Å². The zero-order valence-corrected chi connectivity index (χ0v) is 14.9. The van der Waals surface area contributed by atoms with Crippen molar-refractivity contribution in [1.29, 1.82) is 0 Å². The van der Waals surface area contributed by atoms with Crippen molar-refractivity contribution in [2.24, 2.45) is 0 Å².